The standard InChI is InChI=1S/C11H19N3O/c1-3-12-7-6-10-13-14-11(15-10)8(2)9-4-5-9/h8-9,12H,3-7H2,1-2H3. The number of nitrogens with zero attached hydrogens (tertiary/aromatic N) is 2. The first-order valence-corrected chi connectivity index (χ1v) is 5.84. The van der Waals surface area contributed by atoms with Gasteiger partial charge in [0.2, 0.25) is 11.8 Å². The molecule has 1 atom stereocenters. The van der Waals surface area contributed by atoms with Crippen LogP contribution in [0.1, 0.15) is 44.4 Å². The smallest absolute Gasteiger partial charge is 0.219 e. The molecule has 0 aliphatic heterocycles. The first-order valence-electron chi connectivity index (χ1n) is 5.84. The summed E-state index contributed by atoms with van der Waals surface area (Å²) >= 11 is 0. The third-order valence-corrected chi connectivity index (χ3v) is 2.97. The van der Waals surface area contributed by atoms with Crippen molar-refractivity contribution in [2.45, 2.75) is 39.0 Å². The molecular weight excluding hydrogens is 190 g/mol. The van der Waals surface area contributed by atoms with E-state index in [4.69, 9.17) is 4.42 Å². The van der Waals surface area contributed by atoms with E-state index in [2.05, 4.69) is 29.4 Å². The van der Waals surface area contributed by atoms with E-state index < -0.39 is 0 Å². The molecule has 4 heteroatoms. The van der Waals surface area contributed by atoms with Crippen molar-refractivity contribution in [3.8, 4) is 0 Å². The first-order chi connectivity index (χ1) is 7.31. The van der Waals surface area contributed by atoms with Crippen LogP contribution in [-0.4, -0.2) is 23.3 Å². The van der Waals surface area contributed by atoms with Gasteiger partial charge < -0.3 is 9.73 Å². The van der Waals surface area contributed by atoms with Gasteiger partial charge in [-0.25, -0.2) is 0 Å². The molecule has 0 saturated heterocycles. The van der Waals surface area contributed by atoms with E-state index in [1.165, 1.54) is 12.8 Å². The molecule has 1 heterocycles. The lowest BCUT2D eigenvalue weighted by Crippen LogP contribution is -2.16. The third kappa shape index (κ3) is 2.78. The normalized spacial score (nSPS) is 18.0. The maximum absolute atomic E-state index is 5.63. The molecule has 2 rings (SSSR count). The molecule has 1 fully saturated rings. The van der Waals surface area contributed by atoms with Crippen molar-refractivity contribution in [2.24, 2.45) is 5.92 Å². The van der Waals surface area contributed by atoms with Gasteiger partial charge in [0.05, 0.1) is 0 Å². The Labute approximate surface area is 90.5 Å². The second kappa shape index (κ2) is 4.75. The van der Waals surface area contributed by atoms with Gasteiger partial charge in [-0.3, -0.25) is 0 Å². The highest BCUT2D eigenvalue weighted by molar-refractivity contribution is 4.97. The summed E-state index contributed by atoms with van der Waals surface area (Å²) in [6.07, 6.45) is 3.46. The summed E-state index contributed by atoms with van der Waals surface area (Å²) < 4.78 is 5.63. The van der Waals surface area contributed by atoms with Crippen LogP contribution in [0.5, 0.6) is 0 Å². The molecule has 0 radical (unpaired) electrons. The summed E-state index contributed by atoms with van der Waals surface area (Å²) in [6, 6.07) is 0. The van der Waals surface area contributed by atoms with Crippen LogP contribution >= 0.6 is 0 Å². The van der Waals surface area contributed by atoms with Crippen LogP contribution in [0.15, 0.2) is 4.42 Å². The Hall–Kier alpha value is -0.900. The van der Waals surface area contributed by atoms with E-state index in [1.807, 2.05) is 0 Å². The van der Waals surface area contributed by atoms with Crippen molar-refractivity contribution in [1.82, 2.24) is 15.5 Å². The summed E-state index contributed by atoms with van der Waals surface area (Å²) in [6.45, 7) is 6.17. The molecular formula is C11H19N3O. The molecule has 84 valence electrons. The van der Waals surface area contributed by atoms with Gasteiger partial charge >= 0.3 is 0 Å². The van der Waals surface area contributed by atoms with Crippen molar-refractivity contribution in [3.05, 3.63) is 11.8 Å². The topological polar surface area (TPSA) is 51.0 Å². The maximum Gasteiger partial charge on any atom is 0.219 e. The van der Waals surface area contributed by atoms with Crippen LogP contribution in [0.25, 0.3) is 0 Å². The lowest BCUT2D eigenvalue weighted by Gasteiger charge is -2.02. The molecule has 0 amide bonds. The van der Waals surface area contributed by atoms with E-state index in [1.54, 1.807) is 0 Å². The number of rotatable bonds is 6. The first kappa shape index (κ1) is 10.6. The van der Waals surface area contributed by atoms with Crippen molar-refractivity contribution < 1.29 is 4.42 Å². The molecule has 0 bridgehead atoms. The summed E-state index contributed by atoms with van der Waals surface area (Å²) in [4.78, 5) is 0. The molecule has 0 spiro atoms. The fourth-order valence-electron chi connectivity index (χ4n) is 1.72. The van der Waals surface area contributed by atoms with E-state index in [0.717, 1.165) is 37.2 Å². The van der Waals surface area contributed by atoms with E-state index >= 15 is 0 Å². The van der Waals surface area contributed by atoms with Gasteiger partial charge in [-0.1, -0.05) is 13.8 Å². The monoisotopic (exact) mass is 209 g/mol. The zero-order chi connectivity index (χ0) is 10.7. The second-order valence-electron chi connectivity index (χ2n) is 4.26. The maximum atomic E-state index is 5.63. The Morgan fingerprint density at radius 3 is 2.93 bits per heavy atom. The summed E-state index contributed by atoms with van der Waals surface area (Å²) in [7, 11) is 0. The molecule has 4 nitrogen and oxygen atoms in total. The Balaban J connectivity index is 1.85. The van der Waals surface area contributed by atoms with E-state index in [-0.39, 0.29) is 0 Å². The average Bonchev–Trinajstić information content (AvgIpc) is 2.98. The molecule has 1 aromatic rings. The SMILES string of the molecule is CCNCCc1nnc(C(C)C2CC2)o1. The third-order valence-electron chi connectivity index (χ3n) is 2.97. The van der Waals surface area contributed by atoms with E-state index in [0.29, 0.717) is 5.92 Å². The van der Waals surface area contributed by atoms with Gasteiger partial charge in [0.1, 0.15) is 0 Å². The van der Waals surface area contributed by atoms with Crippen LogP contribution < -0.4 is 5.32 Å². The van der Waals surface area contributed by atoms with Gasteiger partial charge in [-0.15, -0.1) is 10.2 Å². The molecule has 1 aromatic heterocycles. The second-order valence-corrected chi connectivity index (χ2v) is 4.26. The summed E-state index contributed by atoms with van der Waals surface area (Å²) in [5.41, 5.74) is 0. The predicted octanol–water partition coefficient (Wildman–Crippen LogP) is 1.74. The Kier molecular flexibility index (Phi) is 3.36. The summed E-state index contributed by atoms with van der Waals surface area (Å²) in [5, 5.41) is 11.4. The number of nitrogens with one attached hydrogen (secondary N) is 1. The minimum absolute atomic E-state index is 0.449. The molecule has 1 aliphatic rings. The predicted molar refractivity (Wildman–Crippen MR) is 57.7 cm³/mol. The van der Waals surface area contributed by atoms with Crippen LogP contribution in [-0.2, 0) is 6.42 Å². The van der Waals surface area contributed by atoms with Gasteiger partial charge in [-0.05, 0) is 25.3 Å². The molecule has 15 heavy (non-hydrogen) atoms. The van der Waals surface area contributed by atoms with Crippen LogP contribution in [0, 0.1) is 5.92 Å². The fraction of sp³-hybridized carbons (Fsp3) is 0.818. The minimum atomic E-state index is 0.449. The zero-order valence-electron chi connectivity index (χ0n) is 9.49. The highest BCUT2D eigenvalue weighted by atomic mass is 16.4. The largest absolute Gasteiger partial charge is 0.425 e. The number of hydrogen-bond donors (Lipinski definition) is 1. The van der Waals surface area contributed by atoms with Gasteiger partial charge in [0, 0.05) is 18.9 Å². The lowest BCUT2D eigenvalue weighted by atomic mass is 10.1. The Morgan fingerprint density at radius 2 is 2.27 bits per heavy atom. The highest BCUT2D eigenvalue weighted by Gasteiger charge is 2.32. The average molecular weight is 209 g/mol. The molecule has 1 saturated carbocycles. The Bertz CT molecular complexity index is 307. The number of hydrogen-bond acceptors (Lipinski definition) is 4. The molecule has 1 aliphatic carbocycles. The molecule has 0 aromatic carbocycles. The van der Waals surface area contributed by atoms with Crippen LogP contribution in [0.4, 0.5) is 0 Å². The van der Waals surface area contributed by atoms with Crippen LogP contribution in [0.3, 0.4) is 0 Å². The van der Waals surface area contributed by atoms with Gasteiger partial charge in [0.25, 0.3) is 0 Å². The minimum Gasteiger partial charge on any atom is -0.425 e. The number of likely N-dealkylation sites (N-methyl/N-ethyl adjacent to an activating group) is 1. The summed E-state index contributed by atoms with van der Waals surface area (Å²) in [5.74, 6) is 2.82. The van der Waals surface area contributed by atoms with Gasteiger partial charge in [-0.2, -0.15) is 0 Å². The van der Waals surface area contributed by atoms with Crippen molar-refractivity contribution >= 4 is 0 Å². The fourth-order valence-corrected chi connectivity index (χ4v) is 1.72. The lowest BCUT2D eigenvalue weighted by molar-refractivity contribution is 0.405. The molecule has 1 N–H and O–H groups in total. The van der Waals surface area contributed by atoms with Crippen molar-refractivity contribution in [2.75, 3.05) is 13.1 Å². The van der Waals surface area contributed by atoms with Crippen LogP contribution in [0.2, 0.25) is 0 Å². The quantitative estimate of drug-likeness (QED) is 0.725. The van der Waals surface area contributed by atoms with Crippen molar-refractivity contribution in [1.29, 1.82) is 0 Å². The highest BCUT2D eigenvalue weighted by Crippen LogP contribution is 2.41. The number of aromatic nitrogens is 2. The molecule has 1 unspecified atom stereocenters. The Morgan fingerprint density at radius 1 is 1.47 bits per heavy atom. The van der Waals surface area contributed by atoms with Gasteiger partial charge in [0.15, 0.2) is 0 Å². The van der Waals surface area contributed by atoms with Crippen molar-refractivity contribution in [3.63, 3.8) is 0 Å². The van der Waals surface area contributed by atoms with E-state index in [9.17, 15) is 0 Å². The zero-order valence-corrected chi connectivity index (χ0v) is 9.49.